The molecule has 9 atom stereocenters. The average Bonchev–Trinajstić information content (AvgIpc) is 2.92. The number of ketones is 1. The first-order valence-electron chi connectivity index (χ1n) is 14.1. The molecular formula is C31H46Cl2O2. The first-order valence-corrected chi connectivity index (χ1v) is 14.9. The molecule has 2 nitrogen and oxygen atoms in total. The van der Waals surface area contributed by atoms with Crippen LogP contribution >= 0.6 is 23.2 Å². The highest BCUT2D eigenvalue weighted by Crippen LogP contribution is 2.72. The fourth-order valence-electron chi connectivity index (χ4n) is 10.4. The summed E-state index contributed by atoms with van der Waals surface area (Å²) in [4.78, 5) is 26.9. The van der Waals surface area contributed by atoms with E-state index in [-0.39, 0.29) is 49.5 Å². The Bertz CT molecular complexity index is 984. The third-order valence-electron chi connectivity index (χ3n) is 13.2. The summed E-state index contributed by atoms with van der Waals surface area (Å²) in [7, 11) is 0. The van der Waals surface area contributed by atoms with Crippen LogP contribution in [0.4, 0.5) is 0 Å². The second kappa shape index (κ2) is 7.84. The molecule has 0 N–H and O–H groups in total. The molecular weight excluding hydrogens is 475 g/mol. The number of rotatable bonds is 1. The second-order valence-electron chi connectivity index (χ2n) is 15.4. The van der Waals surface area contributed by atoms with Crippen LogP contribution in [0.15, 0.2) is 11.6 Å². The predicted molar refractivity (Wildman–Crippen MR) is 145 cm³/mol. The van der Waals surface area contributed by atoms with Gasteiger partial charge >= 0.3 is 0 Å². The second-order valence-corrected chi connectivity index (χ2v) is 16.2. The molecule has 5 aliphatic carbocycles. The van der Waals surface area contributed by atoms with Gasteiger partial charge in [-0.15, -0.1) is 11.6 Å². The van der Waals surface area contributed by atoms with Gasteiger partial charge < -0.3 is 0 Å². The summed E-state index contributed by atoms with van der Waals surface area (Å²) < 4.78 is 0. The molecule has 4 saturated carbocycles. The van der Waals surface area contributed by atoms with Crippen LogP contribution in [0.1, 0.15) is 113 Å². The molecule has 0 radical (unpaired) electrons. The zero-order valence-electron chi connectivity index (χ0n) is 23.0. The van der Waals surface area contributed by atoms with Crippen molar-refractivity contribution < 1.29 is 9.59 Å². The molecule has 0 heterocycles. The Balaban J connectivity index is 1.63. The quantitative estimate of drug-likeness (QED) is 0.255. The van der Waals surface area contributed by atoms with Gasteiger partial charge in [-0.3, -0.25) is 9.59 Å². The normalized spacial score (nSPS) is 53.3. The van der Waals surface area contributed by atoms with Crippen LogP contribution in [0.25, 0.3) is 0 Å². The van der Waals surface area contributed by atoms with Gasteiger partial charge in [0.2, 0.25) is 5.24 Å². The molecule has 5 rings (SSSR count). The summed E-state index contributed by atoms with van der Waals surface area (Å²) in [5.74, 6) is 1.12. The maximum atomic E-state index is 14.5. The van der Waals surface area contributed by atoms with Gasteiger partial charge in [-0.1, -0.05) is 54.0 Å². The van der Waals surface area contributed by atoms with Crippen LogP contribution in [0, 0.1) is 50.2 Å². The predicted octanol–water partition coefficient (Wildman–Crippen LogP) is 8.73. The number of alkyl halides is 1. The summed E-state index contributed by atoms with van der Waals surface area (Å²) in [5.41, 5.74) is 1.03. The Kier molecular flexibility index (Phi) is 5.89. The number of halogens is 2. The zero-order valence-corrected chi connectivity index (χ0v) is 24.5. The van der Waals surface area contributed by atoms with E-state index in [0.29, 0.717) is 11.7 Å². The highest BCUT2D eigenvalue weighted by molar-refractivity contribution is 6.64. The van der Waals surface area contributed by atoms with Crippen molar-refractivity contribution in [1.29, 1.82) is 0 Å². The maximum absolute atomic E-state index is 14.5. The van der Waals surface area contributed by atoms with E-state index in [0.717, 1.165) is 57.8 Å². The van der Waals surface area contributed by atoms with E-state index in [4.69, 9.17) is 23.2 Å². The zero-order chi connectivity index (χ0) is 25.8. The van der Waals surface area contributed by atoms with Crippen molar-refractivity contribution in [2.75, 3.05) is 0 Å². The number of fused-ring (bicyclic) bond motifs is 8. The Morgan fingerprint density at radius 1 is 0.914 bits per heavy atom. The van der Waals surface area contributed by atoms with Crippen LogP contribution in [0.3, 0.4) is 0 Å². The van der Waals surface area contributed by atoms with E-state index in [2.05, 4.69) is 47.6 Å². The summed E-state index contributed by atoms with van der Waals surface area (Å²) in [6.07, 6.45) is 12.4. The lowest BCUT2D eigenvalue weighted by molar-refractivity contribution is -0.175. The Hall–Kier alpha value is -0.340. The monoisotopic (exact) mass is 520 g/mol. The molecule has 196 valence electrons. The van der Waals surface area contributed by atoms with E-state index >= 15 is 0 Å². The van der Waals surface area contributed by atoms with Crippen molar-refractivity contribution >= 4 is 34.2 Å². The van der Waals surface area contributed by atoms with Crippen LogP contribution in [0.2, 0.25) is 0 Å². The molecule has 2 bridgehead atoms. The minimum Gasteiger partial charge on any atom is -0.295 e. The van der Waals surface area contributed by atoms with E-state index in [1.54, 1.807) is 0 Å². The Labute approximate surface area is 223 Å². The fraction of sp³-hybridized carbons (Fsp3) is 0.871. The van der Waals surface area contributed by atoms with Crippen molar-refractivity contribution in [3.63, 3.8) is 0 Å². The van der Waals surface area contributed by atoms with Crippen molar-refractivity contribution in [2.24, 2.45) is 50.2 Å². The van der Waals surface area contributed by atoms with Crippen LogP contribution < -0.4 is 0 Å². The van der Waals surface area contributed by atoms with E-state index in [1.165, 1.54) is 12.0 Å². The Morgan fingerprint density at radius 3 is 2.23 bits per heavy atom. The fourth-order valence-corrected chi connectivity index (χ4v) is 10.9. The third kappa shape index (κ3) is 3.47. The summed E-state index contributed by atoms with van der Waals surface area (Å²) in [6, 6.07) is 0. The van der Waals surface area contributed by atoms with Gasteiger partial charge in [0, 0.05) is 16.7 Å². The molecule has 4 fully saturated rings. The van der Waals surface area contributed by atoms with E-state index in [1.807, 2.05) is 6.92 Å². The van der Waals surface area contributed by atoms with Crippen LogP contribution in [-0.2, 0) is 9.59 Å². The Morgan fingerprint density at radius 2 is 1.57 bits per heavy atom. The smallest absolute Gasteiger partial charge is 0.227 e. The minimum atomic E-state index is -0.487. The first-order chi connectivity index (χ1) is 16.0. The van der Waals surface area contributed by atoms with E-state index < -0.39 is 5.41 Å². The molecule has 0 aromatic carbocycles. The topological polar surface area (TPSA) is 34.1 Å². The van der Waals surface area contributed by atoms with E-state index in [9.17, 15) is 9.59 Å². The largest absolute Gasteiger partial charge is 0.295 e. The third-order valence-corrected chi connectivity index (χ3v) is 14.4. The molecule has 0 aliphatic heterocycles. The summed E-state index contributed by atoms with van der Waals surface area (Å²) in [6.45, 7) is 16.6. The SMILES string of the molecule is CC1(C)C2CC[C@]3(C)C(C(=O)C=C4C[C@]3(C)CC[C@@]3(C)CC[C@](C)(C(=O)Cl)C[C@@H]43)[C@@]2(C)CC[C@@H]1Cl. The number of hydrogen-bond acceptors (Lipinski definition) is 2. The van der Waals surface area contributed by atoms with Crippen molar-refractivity contribution in [3.05, 3.63) is 11.6 Å². The van der Waals surface area contributed by atoms with Gasteiger partial charge in [-0.2, -0.15) is 0 Å². The molecule has 4 heteroatoms. The lowest BCUT2D eigenvalue weighted by Crippen LogP contribution is -2.62. The molecule has 35 heavy (non-hydrogen) atoms. The standard InChI is InChI=1S/C31H46Cl2O2/c1-26(2)22-8-11-31(7)24(30(22,6)10-9-23(26)32)21(34)16-19-17-29(31,5)15-14-27(3)12-13-28(4,25(33)35)18-20(19)27/h16,20,22-24H,8-15,17-18H2,1-7H3/t20-,22?,23-,24?,27+,28-,29-,30-,31+/m0/s1. The minimum absolute atomic E-state index is 0.0259. The molecule has 0 spiro atoms. The van der Waals surface area contributed by atoms with Gasteiger partial charge in [0.1, 0.15) is 0 Å². The lowest BCUT2D eigenvalue weighted by Gasteiger charge is -2.66. The van der Waals surface area contributed by atoms with Gasteiger partial charge in [0.25, 0.3) is 0 Å². The molecule has 0 amide bonds. The summed E-state index contributed by atoms with van der Waals surface area (Å²) in [5, 5.41) is -0.0287. The molecule has 2 unspecified atom stereocenters. The van der Waals surface area contributed by atoms with Gasteiger partial charge in [0.05, 0.1) is 0 Å². The molecule has 0 saturated heterocycles. The van der Waals surface area contributed by atoms with Gasteiger partial charge in [0.15, 0.2) is 5.78 Å². The molecule has 5 aliphatic rings. The maximum Gasteiger partial charge on any atom is 0.227 e. The number of allylic oxidation sites excluding steroid dienone is 2. The number of carbonyl (C=O) groups excluding carboxylic acids is 2. The van der Waals surface area contributed by atoms with Crippen molar-refractivity contribution in [3.8, 4) is 0 Å². The highest BCUT2D eigenvalue weighted by atomic mass is 35.5. The summed E-state index contributed by atoms with van der Waals surface area (Å²) >= 11 is 13.1. The molecule has 0 aromatic rings. The highest BCUT2D eigenvalue weighted by Gasteiger charge is 2.67. The first kappa shape index (κ1) is 26.3. The van der Waals surface area contributed by atoms with Gasteiger partial charge in [-0.05, 0) is 121 Å². The lowest BCUT2D eigenvalue weighted by atomic mass is 9.38. The van der Waals surface area contributed by atoms with Gasteiger partial charge in [-0.25, -0.2) is 0 Å². The van der Waals surface area contributed by atoms with Crippen LogP contribution in [-0.4, -0.2) is 16.4 Å². The molecule has 0 aromatic heterocycles. The van der Waals surface area contributed by atoms with Crippen molar-refractivity contribution in [2.45, 2.75) is 118 Å². The number of carbonyl (C=O) groups is 2. The van der Waals surface area contributed by atoms with Crippen molar-refractivity contribution in [1.82, 2.24) is 0 Å². The number of hydrogen-bond donors (Lipinski definition) is 0. The van der Waals surface area contributed by atoms with Crippen LogP contribution in [0.5, 0.6) is 0 Å². The average molecular weight is 522 g/mol.